The van der Waals surface area contributed by atoms with E-state index in [1.807, 2.05) is 30.3 Å². The summed E-state index contributed by atoms with van der Waals surface area (Å²) in [5.41, 5.74) is 0.573. The monoisotopic (exact) mass is 416 g/mol. The van der Waals surface area contributed by atoms with E-state index in [1.54, 1.807) is 24.3 Å². The third-order valence-corrected chi connectivity index (χ3v) is 7.76. The molecule has 0 bridgehead atoms. The van der Waals surface area contributed by atoms with E-state index >= 15 is 0 Å². The van der Waals surface area contributed by atoms with Crippen LogP contribution in [0.3, 0.4) is 0 Å². The highest BCUT2D eigenvalue weighted by atomic mass is 32.2. The molecule has 146 valence electrons. The number of benzene rings is 2. The number of ether oxygens (including phenoxy) is 1. The van der Waals surface area contributed by atoms with E-state index in [0.29, 0.717) is 36.7 Å². The Hall–Kier alpha value is -2.26. The fourth-order valence-corrected chi connectivity index (χ4v) is 5.79. The van der Waals surface area contributed by atoms with Crippen LogP contribution in [-0.2, 0) is 21.3 Å². The molecule has 1 fully saturated rings. The van der Waals surface area contributed by atoms with Gasteiger partial charge in [0.1, 0.15) is 0 Å². The van der Waals surface area contributed by atoms with Crippen molar-refractivity contribution in [3.8, 4) is 0 Å². The minimum absolute atomic E-state index is 0.146. The summed E-state index contributed by atoms with van der Waals surface area (Å²) in [6.07, 6.45) is 0. The van der Waals surface area contributed by atoms with Gasteiger partial charge in [-0.15, -0.1) is 11.3 Å². The maximum Gasteiger partial charge on any atom is 0.261 e. The Morgan fingerprint density at radius 2 is 1.79 bits per heavy atom. The molecule has 0 spiro atoms. The summed E-state index contributed by atoms with van der Waals surface area (Å²) in [5, 5.41) is 3.88. The Morgan fingerprint density at radius 1 is 1.07 bits per heavy atom. The summed E-state index contributed by atoms with van der Waals surface area (Å²) in [6, 6.07) is 16.5. The first-order valence-corrected chi connectivity index (χ1v) is 11.2. The first-order chi connectivity index (χ1) is 13.6. The second-order valence-electron chi connectivity index (χ2n) is 6.46. The van der Waals surface area contributed by atoms with Gasteiger partial charge in [-0.05, 0) is 29.1 Å². The average Bonchev–Trinajstić information content (AvgIpc) is 3.17. The predicted molar refractivity (Wildman–Crippen MR) is 109 cm³/mol. The van der Waals surface area contributed by atoms with Gasteiger partial charge >= 0.3 is 0 Å². The van der Waals surface area contributed by atoms with Gasteiger partial charge in [0.2, 0.25) is 10.0 Å². The van der Waals surface area contributed by atoms with E-state index in [1.165, 1.54) is 15.6 Å². The largest absolute Gasteiger partial charge is 0.379 e. The van der Waals surface area contributed by atoms with Gasteiger partial charge in [0.15, 0.2) is 0 Å². The number of hydrogen-bond acceptors (Lipinski definition) is 5. The number of hydrogen-bond donors (Lipinski definition) is 1. The van der Waals surface area contributed by atoms with Crippen molar-refractivity contribution < 1.29 is 17.9 Å². The standard InChI is InChI=1S/C20H20N2O4S2/c23-20(18-13-15-5-1-3-7-17(15)27-18)21-14-16-6-2-4-8-19(16)28(24,25)22-9-11-26-12-10-22/h1-8,13H,9-12,14H2,(H,21,23). The minimum Gasteiger partial charge on any atom is -0.379 e. The molecule has 0 unspecified atom stereocenters. The van der Waals surface area contributed by atoms with E-state index in [0.717, 1.165) is 10.1 Å². The molecule has 1 aliphatic rings. The number of carbonyl (C=O) groups excluding carboxylic acids is 1. The topological polar surface area (TPSA) is 75.7 Å². The number of sulfonamides is 1. The number of carbonyl (C=O) groups is 1. The van der Waals surface area contributed by atoms with Crippen molar-refractivity contribution in [2.45, 2.75) is 11.4 Å². The molecule has 0 aliphatic carbocycles. The lowest BCUT2D eigenvalue weighted by molar-refractivity contribution is 0.0730. The minimum atomic E-state index is -3.62. The molecule has 1 N–H and O–H groups in total. The molecule has 2 aromatic carbocycles. The summed E-state index contributed by atoms with van der Waals surface area (Å²) in [4.78, 5) is 13.4. The third-order valence-electron chi connectivity index (χ3n) is 4.65. The van der Waals surface area contributed by atoms with Crippen molar-refractivity contribution in [1.82, 2.24) is 9.62 Å². The van der Waals surface area contributed by atoms with Gasteiger partial charge in [0, 0.05) is 24.3 Å². The molecule has 2 heterocycles. The molecule has 4 rings (SSSR count). The van der Waals surface area contributed by atoms with Crippen molar-refractivity contribution in [1.29, 1.82) is 0 Å². The van der Waals surface area contributed by atoms with Crippen LogP contribution in [0.4, 0.5) is 0 Å². The number of nitrogens with zero attached hydrogens (tertiary/aromatic N) is 1. The van der Waals surface area contributed by atoms with Gasteiger partial charge in [-0.2, -0.15) is 4.31 Å². The lowest BCUT2D eigenvalue weighted by Gasteiger charge is -2.27. The molecule has 1 saturated heterocycles. The van der Waals surface area contributed by atoms with Crippen LogP contribution in [0.15, 0.2) is 59.5 Å². The third kappa shape index (κ3) is 3.81. The highest BCUT2D eigenvalue weighted by Gasteiger charge is 2.28. The summed E-state index contributed by atoms with van der Waals surface area (Å²) in [6.45, 7) is 1.61. The number of thiophene rings is 1. The molecule has 8 heteroatoms. The number of amides is 1. The van der Waals surface area contributed by atoms with Crippen LogP contribution < -0.4 is 5.32 Å². The predicted octanol–water partition coefficient (Wildman–Crippen LogP) is 2.85. The maximum atomic E-state index is 13.0. The molecule has 6 nitrogen and oxygen atoms in total. The molecular formula is C20H20N2O4S2. The molecular weight excluding hydrogens is 396 g/mol. The quantitative estimate of drug-likeness (QED) is 0.694. The first-order valence-electron chi connectivity index (χ1n) is 8.98. The van der Waals surface area contributed by atoms with Crippen LogP contribution in [0.5, 0.6) is 0 Å². The zero-order valence-electron chi connectivity index (χ0n) is 15.1. The summed E-state index contributed by atoms with van der Waals surface area (Å²) >= 11 is 1.42. The Morgan fingerprint density at radius 3 is 2.57 bits per heavy atom. The van der Waals surface area contributed by atoms with Gasteiger partial charge in [0.25, 0.3) is 5.91 Å². The Bertz CT molecular complexity index is 1070. The van der Waals surface area contributed by atoms with Crippen molar-refractivity contribution in [3.63, 3.8) is 0 Å². The molecule has 1 aliphatic heterocycles. The van der Waals surface area contributed by atoms with Gasteiger partial charge in [-0.25, -0.2) is 8.42 Å². The van der Waals surface area contributed by atoms with Gasteiger partial charge in [0.05, 0.1) is 23.0 Å². The Balaban J connectivity index is 1.53. The molecule has 0 radical (unpaired) electrons. The van der Waals surface area contributed by atoms with Crippen molar-refractivity contribution in [2.75, 3.05) is 26.3 Å². The molecule has 0 atom stereocenters. The highest BCUT2D eigenvalue weighted by molar-refractivity contribution is 7.89. The van der Waals surface area contributed by atoms with Gasteiger partial charge < -0.3 is 10.1 Å². The zero-order chi connectivity index (χ0) is 19.6. The van der Waals surface area contributed by atoms with Crippen LogP contribution >= 0.6 is 11.3 Å². The van der Waals surface area contributed by atoms with Gasteiger partial charge in [-0.3, -0.25) is 4.79 Å². The van der Waals surface area contributed by atoms with E-state index in [2.05, 4.69) is 5.32 Å². The molecule has 28 heavy (non-hydrogen) atoms. The smallest absolute Gasteiger partial charge is 0.261 e. The summed E-state index contributed by atoms with van der Waals surface area (Å²) < 4.78 is 33.7. The van der Waals surface area contributed by atoms with Crippen LogP contribution in [0.25, 0.3) is 10.1 Å². The van der Waals surface area contributed by atoms with Gasteiger partial charge in [-0.1, -0.05) is 36.4 Å². The fourth-order valence-electron chi connectivity index (χ4n) is 3.18. The Labute approximate surface area is 167 Å². The van der Waals surface area contributed by atoms with Crippen molar-refractivity contribution in [2.24, 2.45) is 0 Å². The lowest BCUT2D eigenvalue weighted by atomic mass is 10.2. The SMILES string of the molecule is O=C(NCc1ccccc1S(=O)(=O)N1CCOCC1)c1cc2ccccc2s1. The van der Waals surface area contributed by atoms with Crippen LogP contribution in [0.1, 0.15) is 15.2 Å². The molecule has 0 saturated carbocycles. The Kier molecular flexibility index (Phi) is 5.45. The normalized spacial score (nSPS) is 15.6. The first kappa shape index (κ1) is 19.1. The zero-order valence-corrected chi connectivity index (χ0v) is 16.8. The van der Waals surface area contributed by atoms with Crippen molar-refractivity contribution in [3.05, 3.63) is 65.0 Å². The molecule has 3 aromatic rings. The second-order valence-corrected chi connectivity index (χ2v) is 9.45. The van der Waals surface area contributed by atoms with Crippen LogP contribution in [-0.4, -0.2) is 44.9 Å². The molecule has 1 aromatic heterocycles. The van der Waals surface area contributed by atoms with E-state index in [9.17, 15) is 13.2 Å². The maximum absolute atomic E-state index is 13.0. The van der Waals surface area contributed by atoms with Crippen LogP contribution in [0.2, 0.25) is 0 Å². The molecule has 1 amide bonds. The van der Waals surface area contributed by atoms with Crippen LogP contribution in [0, 0.1) is 0 Å². The number of rotatable bonds is 5. The van der Waals surface area contributed by atoms with Crippen molar-refractivity contribution >= 4 is 37.4 Å². The average molecular weight is 417 g/mol. The lowest BCUT2D eigenvalue weighted by Crippen LogP contribution is -2.41. The second kappa shape index (κ2) is 8.00. The van der Waals surface area contributed by atoms with E-state index in [-0.39, 0.29) is 17.3 Å². The number of nitrogens with one attached hydrogen (secondary N) is 1. The summed E-state index contributed by atoms with van der Waals surface area (Å²) in [5.74, 6) is -0.209. The fraction of sp³-hybridized carbons (Fsp3) is 0.250. The van der Waals surface area contributed by atoms with E-state index in [4.69, 9.17) is 4.74 Å². The highest BCUT2D eigenvalue weighted by Crippen LogP contribution is 2.26. The number of fused-ring (bicyclic) bond motifs is 1. The number of morpholine rings is 1. The van der Waals surface area contributed by atoms with E-state index < -0.39 is 10.0 Å². The summed E-state index contributed by atoms with van der Waals surface area (Å²) in [7, 11) is -3.62.